The van der Waals surface area contributed by atoms with E-state index in [1.807, 2.05) is 75.4 Å². The molecule has 3 heterocycles. The number of ether oxygens (including phenoxy) is 1. The molecular formula is C36H45N3O5S. The SMILES string of the molecule is C=CCN(C(=O)[C@@H]1[C@@H]2CC(C)C3(S2)C(C(=O)N(CC=C)C(C)C)N([C@H](CO)c2ccccc2)C(=O)[C@H]13)c1ccc(OCC)cc1. The van der Waals surface area contributed by atoms with Gasteiger partial charge in [0.25, 0.3) is 0 Å². The number of benzene rings is 2. The Morgan fingerprint density at radius 3 is 2.33 bits per heavy atom. The lowest BCUT2D eigenvalue weighted by atomic mass is 9.65. The third kappa shape index (κ3) is 5.48. The molecule has 9 heteroatoms. The highest BCUT2D eigenvalue weighted by atomic mass is 32.2. The Labute approximate surface area is 271 Å². The number of thioether (sulfide) groups is 1. The van der Waals surface area contributed by atoms with Gasteiger partial charge in [-0.2, -0.15) is 0 Å². The van der Waals surface area contributed by atoms with Crippen LogP contribution >= 0.6 is 11.8 Å². The summed E-state index contributed by atoms with van der Waals surface area (Å²) < 4.78 is 4.79. The summed E-state index contributed by atoms with van der Waals surface area (Å²) in [5.74, 6) is -1.21. The number of carbonyl (C=O) groups excluding carboxylic acids is 3. The second-order valence-corrected chi connectivity index (χ2v) is 14.0. The molecule has 5 rings (SSSR count). The second kappa shape index (κ2) is 13.4. The molecule has 3 aliphatic rings. The van der Waals surface area contributed by atoms with E-state index in [1.165, 1.54) is 0 Å². The van der Waals surface area contributed by atoms with Crippen LogP contribution in [0, 0.1) is 17.8 Å². The summed E-state index contributed by atoms with van der Waals surface area (Å²) in [4.78, 5) is 49.4. The lowest BCUT2D eigenvalue weighted by Crippen LogP contribution is -2.59. The fraction of sp³-hybridized carbons (Fsp3) is 0.472. The van der Waals surface area contributed by atoms with E-state index in [0.29, 0.717) is 31.0 Å². The molecule has 3 fully saturated rings. The summed E-state index contributed by atoms with van der Waals surface area (Å²) in [6.07, 6.45) is 4.11. The van der Waals surface area contributed by atoms with Crippen molar-refractivity contribution in [2.24, 2.45) is 17.8 Å². The highest BCUT2D eigenvalue weighted by Crippen LogP contribution is 2.69. The number of hydrogen-bond acceptors (Lipinski definition) is 6. The number of likely N-dealkylation sites (tertiary alicyclic amines) is 1. The Hall–Kier alpha value is -3.56. The topological polar surface area (TPSA) is 90.4 Å². The first-order chi connectivity index (χ1) is 21.7. The zero-order chi connectivity index (χ0) is 32.5. The van der Waals surface area contributed by atoms with Gasteiger partial charge in [-0.3, -0.25) is 14.4 Å². The van der Waals surface area contributed by atoms with Gasteiger partial charge in [-0.15, -0.1) is 24.9 Å². The van der Waals surface area contributed by atoms with Gasteiger partial charge >= 0.3 is 0 Å². The molecule has 2 aromatic carbocycles. The fourth-order valence-corrected chi connectivity index (χ4v) is 10.2. The minimum absolute atomic E-state index is 0.00404. The van der Waals surface area contributed by atoms with E-state index in [-0.39, 0.29) is 48.1 Å². The van der Waals surface area contributed by atoms with Crippen molar-refractivity contribution < 1.29 is 24.2 Å². The van der Waals surface area contributed by atoms with Crippen molar-refractivity contribution >= 4 is 35.2 Å². The second-order valence-electron chi connectivity index (χ2n) is 12.4. The normalized spacial score (nSPS) is 27.3. The van der Waals surface area contributed by atoms with Crippen LogP contribution in [0.1, 0.15) is 45.7 Å². The van der Waals surface area contributed by atoms with Crippen molar-refractivity contribution in [1.29, 1.82) is 0 Å². The summed E-state index contributed by atoms with van der Waals surface area (Å²) in [6, 6.07) is 15.0. The molecular weight excluding hydrogens is 586 g/mol. The molecule has 0 aromatic heterocycles. The molecule has 0 aliphatic carbocycles. The van der Waals surface area contributed by atoms with Gasteiger partial charge in [-0.1, -0.05) is 49.4 Å². The molecule has 3 aliphatic heterocycles. The predicted molar refractivity (Wildman–Crippen MR) is 179 cm³/mol. The smallest absolute Gasteiger partial charge is 0.247 e. The molecule has 3 unspecified atom stereocenters. The van der Waals surface area contributed by atoms with Crippen LogP contribution in [0.25, 0.3) is 0 Å². The average Bonchev–Trinajstić information content (AvgIpc) is 3.63. The van der Waals surface area contributed by atoms with E-state index in [9.17, 15) is 19.5 Å². The van der Waals surface area contributed by atoms with E-state index >= 15 is 0 Å². The van der Waals surface area contributed by atoms with Crippen molar-refractivity contribution in [2.75, 3.05) is 31.2 Å². The number of carbonyl (C=O) groups is 3. The number of nitrogens with zero attached hydrogens (tertiary/aromatic N) is 3. The van der Waals surface area contributed by atoms with Gasteiger partial charge in [-0.25, -0.2) is 0 Å². The molecule has 3 amide bonds. The molecule has 240 valence electrons. The van der Waals surface area contributed by atoms with E-state index in [2.05, 4.69) is 20.1 Å². The first kappa shape index (κ1) is 32.8. The van der Waals surface area contributed by atoms with Crippen molar-refractivity contribution in [3.05, 3.63) is 85.5 Å². The molecule has 0 radical (unpaired) electrons. The largest absolute Gasteiger partial charge is 0.494 e. The monoisotopic (exact) mass is 631 g/mol. The zero-order valence-electron chi connectivity index (χ0n) is 26.7. The van der Waals surface area contributed by atoms with Gasteiger partial charge in [0.1, 0.15) is 11.8 Å². The first-order valence-corrected chi connectivity index (χ1v) is 16.8. The van der Waals surface area contributed by atoms with Crippen LogP contribution in [0.3, 0.4) is 0 Å². The maximum absolute atomic E-state index is 14.9. The molecule has 1 N–H and O–H groups in total. The number of hydrogen-bond donors (Lipinski definition) is 1. The van der Waals surface area contributed by atoms with Gasteiger partial charge in [0, 0.05) is 30.1 Å². The van der Waals surface area contributed by atoms with E-state index in [0.717, 1.165) is 5.56 Å². The van der Waals surface area contributed by atoms with Crippen LogP contribution in [0.5, 0.6) is 5.75 Å². The van der Waals surface area contributed by atoms with Crippen LogP contribution in [0.2, 0.25) is 0 Å². The molecule has 3 saturated heterocycles. The first-order valence-electron chi connectivity index (χ1n) is 15.9. The average molecular weight is 632 g/mol. The number of anilines is 1. The lowest BCUT2D eigenvalue weighted by molar-refractivity contribution is -0.146. The van der Waals surface area contributed by atoms with Gasteiger partial charge < -0.3 is 24.5 Å². The lowest BCUT2D eigenvalue weighted by Gasteiger charge is -2.43. The molecule has 0 saturated carbocycles. The predicted octanol–water partition coefficient (Wildman–Crippen LogP) is 5.10. The van der Waals surface area contributed by atoms with Crippen molar-refractivity contribution in [3.63, 3.8) is 0 Å². The van der Waals surface area contributed by atoms with E-state index in [1.54, 1.807) is 38.6 Å². The van der Waals surface area contributed by atoms with Crippen molar-refractivity contribution in [1.82, 2.24) is 9.80 Å². The summed E-state index contributed by atoms with van der Waals surface area (Å²) >= 11 is 1.64. The van der Waals surface area contributed by atoms with Gasteiger partial charge in [0.15, 0.2) is 0 Å². The molecule has 1 spiro atoms. The quantitative estimate of drug-likeness (QED) is 0.310. The Bertz CT molecular complexity index is 1420. The van der Waals surface area contributed by atoms with Crippen LogP contribution < -0.4 is 9.64 Å². The third-order valence-electron chi connectivity index (χ3n) is 9.66. The number of rotatable bonds is 13. The van der Waals surface area contributed by atoms with Crippen LogP contribution in [-0.4, -0.2) is 81.0 Å². The van der Waals surface area contributed by atoms with Crippen LogP contribution in [-0.2, 0) is 14.4 Å². The van der Waals surface area contributed by atoms with Crippen LogP contribution in [0.15, 0.2) is 79.9 Å². The maximum atomic E-state index is 14.9. The van der Waals surface area contributed by atoms with Crippen molar-refractivity contribution in [3.8, 4) is 5.75 Å². The van der Waals surface area contributed by atoms with Crippen molar-refractivity contribution in [2.45, 2.75) is 62.2 Å². The Morgan fingerprint density at radius 1 is 1.09 bits per heavy atom. The maximum Gasteiger partial charge on any atom is 0.247 e. The highest BCUT2D eigenvalue weighted by molar-refractivity contribution is 8.02. The minimum Gasteiger partial charge on any atom is -0.494 e. The van der Waals surface area contributed by atoms with E-state index < -0.39 is 28.7 Å². The molecule has 8 nitrogen and oxygen atoms in total. The molecule has 2 bridgehead atoms. The zero-order valence-corrected chi connectivity index (χ0v) is 27.5. The van der Waals surface area contributed by atoms with E-state index in [4.69, 9.17) is 4.74 Å². The van der Waals surface area contributed by atoms with Gasteiger partial charge in [-0.05, 0) is 62.9 Å². The molecule has 45 heavy (non-hydrogen) atoms. The Kier molecular flexibility index (Phi) is 9.80. The Morgan fingerprint density at radius 2 is 1.76 bits per heavy atom. The summed E-state index contributed by atoms with van der Waals surface area (Å²) in [7, 11) is 0. The summed E-state index contributed by atoms with van der Waals surface area (Å²) in [5.41, 5.74) is 1.45. The highest BCUT2D eigenvalue weighted by Gasteiger charge is 2.77. The number of amides is 3. The van der Waals surface area contributed by atoms with Crippen LogP contribution in [0.4, 0.5) is 5.69 Å². The van der Waals surface area contributed by atoms with Gasteiger partial charge in [0.2, 0.25) is 17.7 Å². The van der Waals surface area contributed by atoms with Gasteiger partial charge in [0.05, 0.1) is 35.8 Å². The number of aliphatic hydroxyl groups excluding tert-OH is 1. The molecule has 7 atom stereocenters. The number of aliphatic hydroxyl groups is 1. The Balaban J connectivity index is 1.62. The summed E-state index contributed by atoms with van der Waals surface area (Å²) in [5, 5.41) is 10.7. The molecule has 2 aromatic rings. The third-order valence-corrected chi connectivity index (χ3v) is 11.7. The summed E-state index contributed by atoms with van der Waals surface area (Å²) in [6.45, 7) is 16.5. The minimum atomic E-state index is -0.851. The fourth-order valence-electron chi connectivity index (χ4n) is 7.76. The standard InChI is InChI=1S/C36H45N3O5S/c1-7-19-37(23(4)5)35(43)32-36-24(6)21-29(45-36)30(31(36)34(42)39(32)28(22-40)25-13-11-10-12-14-25)33(41)38(20-8-2)26-15-17-27(18-16-26)44-9-3/h7-8,10-18,23-24,28-32,40H,1-2,9,19-22H2,3-6H3/t24?,28-,29+,30-,31+,32?,36?/m1/s1. The number of fused-ring (bicyclic) bond motifs is 1.